The van der Waals surface area contributed by atoms with Crippen LogP contribution in [0.1, 0.15) is 34.5 Å². The minimum Gasteiger partial charge on any atom is -0.366 e. The number of carbonyl (C=O) groups excluding carboxylic acids is 1. The first-order chi connectivity index (χ1) is 12.0. The quantitative estimate of drug-likeness (QED) is 0.740. The van der Waals surface area contributed by atoms with E-state index in [1.807, 2.05) is 45.0 Å². The van der Waals surface area contributed by atoms with Gasteiger partial charge in [0.1, 0.15) is 0 Å². The number of hydrogen-bond donors (Lipinski definition) is 2. The van der Waals surface area contributed by atoms with Gasteiger partial charge in [-0.25, -0.2) is 4.98 Å². The number of benzene rings is 1. The lowest BCUT2D eigenvalue weighted by Crippen LogP contribution is -2.23. The molecule has 2 heterocycles. The average Bonchev–Trinajstić information content (AvgIpc) is 2.94. The topological polar surface area (TPSA) is 98.2 Å². The lowest BCUT2D eigenvalue weighted by Gasteiger charge is -2.11. The fourth-order valence-electron chi connectivity index (χ4n) is 2.91. The molecule has 1 amide bonds. The van der Waals surface area contributed by atoms with Gasteiger partial charge in [-0.3, -0.25) is 4.79 Å². The zero-order valence-electron chi connectivity index (χ0n) is 14.7. The van der Waals surface area contributed by atoms with Crippen molar-refractivity contribution in [3.05, 3.63) is 52.3 Å². The van der Waals surface area contributed by atoms with E-state index in [1.165, 1.54) is 5.56 Å². The molecule has 0 spiro atoms. The molecule has 0 unspecified atom stereocenters. The smallest absolute Gasteiger partial charge is 0.254 e. The largest absolute Gasteiger partial charge is 0.366 e. The second-order valence-electron chi connectivity index (χ2n) is 6.15. The molecule has 1 aromatic carbocycles. The van der Waals surface area contributed by atoms with Gasteiger partial charge in [-0.05, 0) is 43.9 Å². The van der Waals surface area contributed by atoms with E-state index < -0.39 is 0 Å². The fourth-order valence-corrected chi connectivity index (χ4v) is 2.91. The number of nitrogens with one attached hydrogen (secondary N) is 1. The van der Waals surface area contributed by atoms with E-state index in [0.717, 1.165) is 22.5 Å². The third-order valence-electron chi connectivity index (χ3n) is 4.40. The summed E-state index contributed by atoms with van der Waals surface area (Å²) in [5.74, 6) is 0.698. The van der Waals surface area contributed by atoms with Crippen molar-refractivity contribution >= 4 is 17.6 Å². The molecule has 3 rings (SSSR count). The van der Waals surface area contributed by atoms with Gasteiger partial charge in [0.2, 0.25) is 11.9 Å². The number of nitrogens with zero attached hydrogens (tertiary/aromatic N) is 4. The van der Waals surface area contributed by atoms with Crippen LogP contribution in [0.15, 0.2) is 24.3 Å². The molecule has 0 aliphatic rings. The lowest BCUT2D eigenvalue weighted by atomic mass is 10.1. The van der Waals surface area contributed by atoms with Gasteiger partial charge >= 0.3 is 0 Å². The van der Waals surface area contributed by atoms with Crippen molar-refractivity contribution in [2.75, 3.05) is 5.73 Å². The molecule has 0 fully saturated rings. The third kappa shape index (κ3) is 3.60. The molecule has 7 nitrogen and oxygen atoms in total. The Kier molecular flexibility index (Phi) is 4.65. The second kappa shape index (κ2) is 6.88. The molecular weight excluding hydrogens is 316 g/mol. The number of fused-ring (bicyclic) bond motifs is 1. The minimum absolute atomic E-state index is 0.0141. The molecule has 0 atom stereocenters. The van der Waals surface area contributed by atoms with Gasteiger partial charge in [0.25, 0.3) is 5.78 Å². The highest BCUT2D eigenvalue weighted by Gasteiger charge is 2.13. The molecule has 0 saturated heterocycles. The van der Waals surface area contributed by atoms with Gasteiger partial charge < -0.3 is 11.1 Å². The maximum atomic E-state index is 12.2. The molecule has 25 heavy (non-hydrogen) atoms. The predicted molar refractivity (Wildman–Crippen MR) is 96.0 cm³/mol. The Labute approximate surface area is 146 Å². The first-order valence-corrected chi connectivity index (χ1v) is 8.25. The summed E-state index contributed by atoms with van der Waals surface area (Å²) < 4.78 is 1.63. The Morgan fingerprint density at radius 3 is 2.72 bits per heavy atom. The molecule has 3 aromatic rings. The van der Waals surface area contributed by atoms with Gasteiger partial charge in [-0.1, -0.05) is 24.3 Å². The number of carbonyl (C=O) groups is 1. The van der Waals surface area contributed by atoms with Gasteiger partial charge in [-0.2, -0.15) is 9.50 Å². The van der Waals surface area contributed by atoms with Crippen LogP contribution in [-0.2, 0) is 17.8 Å². The van der Waals surface area contributed by atoms with Crippen LogP contribution in [0.3, 0.4) is 0 Å². The number of nitrogen functional groups attached to an aromatic ring is 1. The number of anilines is 1. The Hall–Kier alpha value is -2.96. The van der Waals surface area contributed by atoms with E-state index in [0.29, 0.717) is 25.2 Å². The summed E-state index contributed by atoms with van der Waals surface area (Å²) in [4.78, 5) is 20.7. The maximum absolute atomic E-state index is 12.2. The summed E-state index contributed by atoms with van der Waals surface area (Å²) in [5, 5.41) is 7.12. The highest BCUT2D eigenvalue weighted by atomic mass is 16.1. The predicted octanol–water partition coefficient (Wildman–Crippen LogP) is 1.88. The van der Waals surface area contributed by atoms with E-state index >= 15 is 0 Å². The molecule has 3 N–H and O–H groups in total. The van der Waals surface area contributed by atoms with Crippen LogP contribution in [0.25, 0.3) is 5.78 Å². The second-order valence-corrected chi connectivity index (χ2v) is 6.15. The van der Waals surface area contributed by atoms with Crippen molar-refractivity contribution in [3.8, 4) is 0 Å². The highest BCUT2D eigenvalue weighted by Crippen LogP contribution is 2.16. The number of rotatable bonds is 5. The lowest BCUT2D eigenvalue weighted by molar-refractivity contribution is -0.121. The van der Waals surface area contributed by atoms with Crippen molar-refractivity contribution in [2.24, 2.45) is 0 Å². The maximum Gasteiger partial charge on any atom is 0.254 e. The van der Waals surface area contributed by atoms with Crippen LogP contribution in [0, 0.1) is 20.8 Å². The van der Waals surface area contributed by atoms with Crippen LogP contribution >= 0.6 is 0 Å². The molecule has 7 heteroatoms. The standard InChI is InChI=1S/C18H22N6O/c1-11-6-4-5-7-14(11)10-20-16(25)9-8-15-12(2)21-18-22-17(19)23-24(18)13(15)3/h4-7H,8-10H2,1-3H3,(H2,19,23)(H,20,25). The molecule has 0 aliphatic heterocycles. The van der Waals surface area contributed by atoms with E-state index in [4.69, 9.17) is 5.73 Å². The molecule has 0 aliphatic carbocycles. The van der Waals surface area contributed by atoms with Crippen molar-refractivity contribution in [1.82, 2.24) is 24.9 Å². The summed E-state index contributed by atoms with van der Waals surface area (Å²) in [6, 6.07) is 8.04. The Bertz CT molecular complexity index is 931. The summed E-state index contributed by atoms with van der Waals surface area (Å²) >= 11 is 0. The summed E-state index contributed by atoms with van der Waals surface area (Å²) in [6.07, 6.45) is 0.991. The fraction of sp³-hybridized carbons (Fsp3) is 0.333. The van der Waals surface area contributed by atoms with Crippen molar-refractivity contribution in [2.45, 2.75) is 40.2 Å². The summed E-state index contributed by atoms with van der Waals surface area (Å²) in [7, 11) is 0. The normalized spacial score (nSPS) is 11.0. The van der Waals surface area contributed by atoms with Gasteiger partial charge in [0.15, 0.2) is 0 Å². The van der Waals surface area contributed by atoms with Gasteiger partial charge in [0.05, 0.1) is 0 Å². The third-order valence-corrected chi connectivity index (χ3v) is 4.40. The molecule has 2 aromatic heterocycles. The van der Waals surface area contributed by atoms with E-state index in [9.17, 15) is 4.79 Å². The first kappa shape index (κ1) is 16.9. The molecule has 0 bridgehead atoms. The van der Waals surface area contributed by atoms with Crippen molar-refractivity contribution in [1.29, 1.82) is 0 Å². The Balaban J connectivity index is 1.66. The first-order valence-electron chi connectivity index (χ1n) is 8.25. The summed E-state index contributed by atoms with van der Waals surface area (Å²) in [6.45, 7) is 6.44. The summed E-state index contributed by atoms with van der Waals surface area (Å²) in [5.41, 5.74) is 10.7. The highest BCUT2D eigenvalue weighted by molar-refractivity contribution is 5.76. The van der Waals surface area contributed by atoms with Gasteiger partial charge in [0, 0.05) is 24.4 Å². The molecule has 0 radical (unpaired) electrons. The van der Waals surface area contributed by atoms with Crippen LogP contribution in [0.5, 0.6) is 0 Å². The number of aryl methyl sites for hydroxylation is 3. The molecule has 0 saturated carbocycles. The zero-order chi connectivity index (χ0) is 18.0. The average molecular weight is 338 g/mol. The van der Waals surface area contributed by atoms with E-state index in [1.54, 1.807) is 4.52 Å². The van der Waals surface area contributed by atoms with Gasteiger partial charge in [-0.15, -0.1) is 5.10 Å². The number of amides is 1. The van der Waals surface area contributed by atoms with Crippen molar-refractivity contribution < 1.29 is 4.79 Å². The molecular formula is C18H22N6O. The number of hydrogen-bond acceptors (Lipinski definition) is 5. The van der Waals surface area contributed by atoms with Crippen LogP contribution in [0.4, 0.5) is 5.95 Å². The Morgan fingerprint density at radius 2 is 1.96 bits per heavy atom. The monoisotopic (exact) mass is 338 g/mol. The SMILES string of the molecule is Cc1ccccc1CNC(=O)CCc1c(C)nc2nc(N)nn2c1C. The van der Waals surface area contributed by atoms with Crippen LogP contribution < -0.4 is 11.1 Å². The number of aromatic nitrogens is 4. The van der Waals surface area contributed by atoms with Crippen molar-refractivity contribution in [3.63, 3.8) is 0 Å². The van der Waals surface area contributed by atoms with E-state index in [-0.39, 0.29) is 11.9 Å². The minimum atomic E-state index is 0.0141. The van der Waals surface area contributed by atoms with Crippen LogP contribution in [-0.4, -0.2) is 25.5 Å². The van der Waals surface area contributed by atoms with E-state index in [2.05, 4.69) is 20.4 Å². The molecule has 130 valence electrons. The zero-order valence-corrected chi connectivity index (χ0v) is 14.7. The number of nitrogens with two attached hydrogens (primary N) is 1. The Morgan fingerprint density at radius 1 is 1.20 bits per heavy atom. The van der Waals surface area contributed by atoms with Crippen LogP contribution in [0.2, 0.25) is 0 Å².